The number of likely N-dealkylation sites (tertiary alicyclic amines) is 1. The lowest BCUT2D eigenvalue weighted by atomic mass is 9.78. The quantitative estimate of drug-likeness (QED) is 0.872. The van der Waals surface area contributed by atoms with Crippen molar-refractivity contribution in [1.29, 1.82) is 0 Å². The van der Waals surface area contributed by atoms with Gasteiger partial charge in [0, 0.05) is 57.5 Å². The number of piperidine rings is 1. The normalized spacial score (nSPS) is 21.2. The molecular weight excluding hydrogens is 286 g/mol. The van der Waals surface area contributed by atoms with E-state index in [0.717, 1.165) is 25.6 Å². The van der Waals surface area contributed by atoms with E-state index in [-0.39, 0.29) is 0 Å². The molecule has 2 saturated heterocycles. The highest BCUT2D eigenvalue weighted by molar-refractivity contribution is 5.29. The van der Waals surface area contributed by atoms with E-state index in [0.29, 0.717) is 5.41 Å². The van der Waals surface area contributed by atoms with E-state index in [4.69, 9.17) is 0 Å². The van der Waals surface area contributed by atoms with Crippen molar-refractivity contribution >= 4 is 5.95 Å². The van der Waals surface area contributed by atoms with Crippen LogP contribution in [0.25, 0.3) is 0 Å². The molecule has 0 N–H and O–H groups in total. The fraction of sp³-hybridized carbons (Fsp3) is 0.556. The molecular formula is C18H25N5. The third-order valence-corrected chi connectivity index (χ3v) is 5.61. The smallest absolute Gasteiger partial charge is 0.225 e. The van der Waals surface area contributed by atoms with Crippen molar-refractivity contribution in [3.05, 3.63) is 42.5 Å². The van der Waals surface area contributed by atoms with E-state index in [1.165, 1.54) is 38.0 Å². The first-order valence-corrected chi connectivity index (χ1v) is 8.59. The lowest BCUT2D eigenvalue weighted by molar-refractivity contribution is 0.204. The zero-order chi connectivity index (χ0) is 15.7. The summed E-state index contributed by atoms with van der Waals surface area (Å²) in [5, 5.41) is 0. The first kappa shape index (κ1) is 14.7. The van der Waals surface area contributed by atoms with Gasteiger partial charge in [0.1, 0.15) is 0 Å². The molecule has 1 spiro atoms. The Kier molecular flexibility index (Phi) is 3.81. The Labute approximate surface area is 138 Å². The molecule has 23 heavy (non-hydrogen) atoms. The topological polar surface area (TPSA) is 37.2 Å². The second-order valence-corrected chi connectivity index (χ2v) is 7.11. The summed E-state index contributed by atoms with van der Waals surface area (Å²) in [5.74, 6) is 0.890. The molecule has 2 aliphatic rings. The monoisotopic (exact) mass is 311 g/mol. The van der Waals surface area contributed by atoms with Gasteiger partial charge in [0.05, 0.1) is 0 Å². The van der Waals surface area contributed by atoms with Gasteiger partial charge in [-0.2, -0.15) is 0 Å². The molecule has 0 atom stereocenters. The van der Waals surface area contributed by atoms with Crippen LogP contribution in [0.4, 0.5) is 5.95 Å². The summed E-state index contributed by atoms with van der Waals surface area (Å²) < 4.78 is 2.24. The van der Waals surface area contributed by atoms with Crippen LogP contribution in [0, 0.1) is 5.41 Å². The number of aryl methyl sites for hydroxylation is 1. The Bertz CT molecular complexity index is 642. The molecule has 122 valence electrons. The highest BCUT2D eigenvalue weighted by atomic mass is 15.3. The van der Waals surface area contributed by atoms with E-state index < -0.39 is 0 Å². The van der Waals surface area contributed by atoms with E-state index >= 15 is 0 Å². The van der Waals surface area contributed by atoms with E-state index in [1.54, 1.807) is 0 Å². The summed E-state index contributed by atoms with van der Waals surface area (Å²) in [7, 11) is 2.14. The zero-order valence-corrected chi connectivity index (χ0v) is 13.9. The number of hydrogen-bond donors (Lipinski definition) is 0. The first-order chi connectivity index (χ1) is 11.2. The van der Waals surface area contributed by atoms with Crippen LogP contribution in [0.5, 0.6) is 0 Å². The molecule has 2 aromatic rings. The van der Waals surface area contributed by atoms with Crippen LogP contribution in [-0.4, -0.2) is 45.6 Å². The van der Waals surface area contributed by atoms with E-state index in [1.807, 2.05) is 18.5 Å². The Morgan fingerprint density at radius 3 is 2.48 bits per heavy atom. The van der Waals surface area contributed by atoms with Gasteiger partial charge in [0.15, 0.2) is 0 Å². The Balaban J connectivity index is 1.36. The summed E-state index contributed by atoms with van der Waals surface area (Å²) >= 11 is 0. The molecule has 2 aliphatic heterocycles. The molecule has 2 aromatic heterocycles. The third-order valence-electron chi connectivity index (χ3n) is 5.61. The molecule has 0 aliphatic carbocycles. The molecule has 5 nitrogen and oxygen atoms in total. The largest absolute Gasteiger partial charge is 0.353 e. The van der Waals surface area contributed by atoms with Crippen molar-refractivity contribution in [2.75, 3.05) is 31.1 Å². The predicted octanol–water partition coefficient (Wildman–Crippen LogP) is 2.31. The Morgan fingerprint density at radius 2 is 1.78 bits per heavy atom. The van der Waals surface area contributed by atoms with E-state index in [2.05, 4.69) is 49.7 Å². The molecule has 0 unspecified atom stereocenters. The molecule has 0 bridgehead atoms. The average Bonchev–Trinajstić information content (AvgIpc) is 3.17. The van der Waals surface area contributed by atoms with Crippen LogP contribution >= 0.6 is 0 Å². The highest BCUT2D eigenvalue weighted by Crippen LogP contribution is 2.41. The summed E-state index contributed by atoms with van der Waals surface area (Å²) in [6, 6.07) is 6.26. The second kappa shape index (κ2) is 5.96. The van der Waals surface area contributed by atoms with Crippen LogP contribution in [0.1, 0.15) is 25.0 Å². The van der Waals surface area contributed by atoms with Crippen LogP contribution in [0.3, 0.4) is 0 Å². The SMILES string of the molecule is Cn1cccc1CN1CCC2(CCN(c3ncccn3)CC2)C1. The molecule has 0 amide bonds. The van der Waals surface area contributed by atoms with Crippen LogP contribution in [-0.2, 0) is 13.6 Å². The first-order valence-electron chi connectivity index (χ1n) is 8.59. The van der Waals surface area contributed by atoms with Crippen molar-refractivity contribution in [3.63, 3.8) is 0 Å². The van der Waals surface area contributed by atoms with Gasteiger partial charge in [-0.15, -0.1) is 0 Å². The summed E-state index contributed by atoms with van der Waals surface area (Å²) in [5.41, 5.74) is 1.92. The van der Waals surface area contributed by atoms with Crippen molar-refractivity contribution in [3.8, 4) is 0 Å². The fourth-order valence-electron chi connectivity index (χ4n) is 4.10. The van der Waals surface area contributed by atoms with Crippen LogP contribution in [0.15, 0.2) is 36.8 Å². The van der Waals surface area contributed by atoms with E-state index in [9.17, 15) is 0 Å². The maximum absolute atomic E-state index is 4.39. The third kappa shape index (κ3) is 2.98. The van der Waals surface area contributed by atoms with Gasteiger partial charge in [-0.3, -0.25) is 4.90 Å². The summed E-state index contributed by atoms with van der Waals surface area (Å²) in [6.45, 7) is 5.72. The maximum Gasteiger partial charge on any atom is 0.225 e. The van der Waals surface area contributed by atoms with Gasteiger partial charge in [-0.05, 0) is 49.4 Å². The van der Waals surface area contributed by atoms with Crippen molar-refractivity contribution in [2.24, 2.45) is 12.5 Å². The highest BCUT2D eigenvalue weighted by Gasteiger charge is 2.40. The molecule has 0 aromatic carbocycles. The van der Waals surface area contributed by atoms with Crippen molar-refractivity contribution < 1.29 is 0 Å². The standard InChI is InChI=1S/C18H25N5/c1-21-10-2-4-16(21)14-22-11-5-18(15-22)6-12-23(13-7-18)17-19-8-3-9-20-17/h2-4,8-10H,5-7,11-15H2,1H3. The van der Waals surface area contributed by atoms with Gasteiger partial charge >= 0.3 is 0 Å². The summed E-state index contributed by atoms with van der Waals surface area (Å²) in [4.78, 5) is 13.8. The van der Waals surface area contributed by atoms with Crippen LogP contribution < -0.4 is 4.90 Å². The second-order valence-electron chi connectivity index (χ2n) is 7.11. The minimum atomic E-state index is 0.510. The number of nitrogens with zero attached hydrogens (tertiary/aromatic N) is 5. The molecule has 5 heteroatoms. The van der Waals surface area contributed by atoms with Gasteiger partial charge in [0.2, 0.25) is 5.95 Å². The average molecular weight is 311 g/mol. The minimum Gasteiger partial charge on any atom is -0.353 e. The summed E-state index contributed by atoms with van der Waals surface area (Å²) in [6.07, 6.45) is 9.66. The predicted molar refractivity (Wildman–Crippen MR) is 91.2 cm³/mol. The minimum absolute atomic E-state index is 0.510. The molecule has 0 radical (unpaired) electrons. The Hall–Kier alpha value is -1.88. The number of hydrogen-bond acceptors (Lipinski definition) is 4. The number of rotatable bonds is 3. The van der Waals surface area contributed by atoms with Gasteiger partial charge in [0.25, 0.3) is 0 Å². The number of aromatic nitrogens is 3. The maximum atomic E-state index is 4.39. The van der Waals surface area contributed by atoms with Gasteiger partial charge in [-0.1, -0.05) is 0 Å². The lowest BCUT2D eigenvalue weighted by Gasteiger charge is -2.39. The number of anilines is 1. The molecule has 0 saturated carbocycles. The zero-order valence-electron chi connectivity index (χ0n) is 13.9. The van der Waals surface area contributed by atoms with Crippen LogP contribution in [0.2, 0.25) is 0 Å². The molecule has 2 fully saturated rings. The fourth-order valence-corrected chi connectivity index (χ4v) is 4.10. The van der Waals surface area contributed by atoms with Crippen molar-refractivity contribution in [2.45, 2.75) is 25.8 Å². The van der Waals surface area contributed by atoms with Gasteiger partial charge in [-0.25, -0.2) is 9.97 Å². The Morgan fingerprint density at radius 1 is 1.04 bits per heavy atom. The lowest BCUT2D eigenvalue weighted by Crippen LogP contribution is -2.42. The van der Waals surface area contributed by atoms with Gasteiger partial charge < -0.3 is 9.47 Å². The molecule has 4 heterocycles. The molecule has 4 rings (SSSR count). The van der Waals surface area contributed by atoms with Crippen molar-refractivity contribution in [1.82, 2.24) is 19.4 Å².